The van der Waals surface area contributed by atoms with E-state index in [0.717, 1.165) is 12.1 Å². The van der Waals surface area contributed by atoms with E-state index in [9.17, 15) is 27.2 Å². The summed E-state index contributed by atoms with van der Waals surface area (Å²) in [6.07, 6.45) is 0. The fourth-order valence-electron chi connectivity index (χ4n) is 2.13. The third kappa shape index (κ3) is 5.28. The zero-order valence-electron chi connectivity index (χ0n) is 13.7. The van der Waals surface area contributed by atoms with Gasteiger partial charge in [-0.25, -0.2) is 17.6 Å². The quantitative estimate of drug-likeness (QED) is 0.608. The highest BCUT2D eigenvalue weighted by atomic mass is 19.2. The molecule has 2 N–H and O–H groups in total. The van der Waals surface area contributed by atoms with E-state index in [1.54, 1.807) is 0 Å². The Kier molecular flexibility index (Phi) is 6.29. The molecule has 0 aliphatic carbocycles. The van der Waals surface area contributed by atoms with Gasteiger partial charge in [-0.05, 0) is 37.4 Å². The predicted octanol–water partition coefficient (Wildman–Crippen LogP) is 2.75. The molecule has 5 nitrogen and oxygen atoms in total. The number of halogens is 4. The normalized spacial score (nSPS) is 10.7. The first-order chi connectivity index (χ1) is 12.3. The van der Waals surface area contributed by atoms with E-state index in [4.69, 9.17) is 0 Å². The van der Waals surface area contributed by atoms with Crippen molar-refractivity contribution in [2.75, 3.05) is 30.8 Å². The summed E-state index contributed by atoms with van der Waals surface area (Å²) in [5.74, 6) is -6.30. The molecule has 0 bridgehead atoms. The van der Waals surface area contributed by atoms with Crippen molar-refractivity contribution in [1.82, 2.24) is 4.90 Å². The summed E-state index contributed by atoms with van der Waals surface area (Å²) in [6.45, 7) is -0.515. The number of nitrogens with zero attached hydrogens (tertiary/aromatic N) is 1. The summed E-state index contributed by atoms with van der Waals surface area (Å²) >= 11 is 0. The van der Waals surface area contributed by atoms with Gasteiger partial charge in [0.05, 0.1) is 18.8 Å². The Bertz CT molecular complexity index is 830. The molecule has 0 heterocycles. The molecule has 0 spiro atoms. The third-order valence-electron chi connectivity index (χ3n) is 3.24. The molecule has 0 saturated carbocycles. The highest BCUT2D eigenvalue weighted by Crippen LogP contribution is 2.19. The number of carbonyl (C=O) groups is 2. The Morgan fingerprint density at radius 3 is 2.23 bits per heavy atom. The highest BCUT2D eigenvalue weighted by Gasteiger charge is 2.17. The Labute approximate surface area is 146 Å². The van der Waals surface area contributed by atoms with Crippen molar-refractivity contribution >= 4 is 23.2 Å². The molecule has 0 radical (unpaired) electrons. The van der Waals surface area contributed by atoms with Crippen molar-refractivity contribution in [2.45, 2.75) is 0 Å². The average molecular weight is 369 g/mol. The van der Waals surface area contributed by atoms with Crippen LogP contribution in [0.1, 0.15) is 0 Å². The summed E-state index contributed by atoms with van der Waals surface area (Å²) in [5.41, 5.74) is -0.247. The summed E-state index contributed by atoms with van der Waals surface area (Å²) in [5, 5.41) is 4.55. The van der Waals surface area contributed by atoms with E-state index in [0.29, 0.717) is 6.07 Å². The fourth-order valence-corrected chi connectivity index (χ4v) is 2.13. The molecule has 0 aromatic heterocycles. The van der Waals surface area contributed by atoms with E-state index in [1.807, 2.05) is 0 Å². The number of amides is 2. The van der Waals surface area contributed by atoms with Gasteiger partial charge in [0.2, 0.25) is 11.8 Å². The van der Waals surface area contributed by atoms with E-state index < -0.39 is 40.8 Å². The molecule has 2 aromatic rings. The van der Waals surface area contributed by atoms with Crippen molar-refractivity contribution in [1.29, 1.82) is 0 Å². The molecule has 0 saturated heterocycles. The zero-order valence-corrected chi connectivity index (χ0v) is 13.7. The lowest BCUT2D eigenvalue weighted by Crippen LogP contribution is -2.36. The number of nitrogens with one attached hydrogen (secondary N) is 2. The van der Waals surface area contributed by atoms with Crippen LogP contribution in [0.15, 0.2) is 36.4 Å². The van der Waals surface area contributed by atoms with Crippen LogP contribution in [0.3, 0.4) is 0 Å². The maximum absolute atomic E-state index is 13.5. The molecule has 2 aromatic carbocycles. The van der Waals surface area contributed by atoms with Crippen molar-refractivity contribution in [3.05, 3.63) is 59.7 Å². The van der Waals surface area contributed by atoms with Crippen molar-refractivity contribution in [2.24, 2.45) is 0 Å². The second-order valence-corrected chi connectivity index (χ2v) is 5.50. The molecular weight excluding hydrogens is 354 g/mol. The van der Waals surface area contributed by atoms with Gasteiger partial charge in [0, 0.05) is 5.69 Å². The smallest absolute Gasteiger partial charge is 0.238 e. The van der Waals surface area contributed by atoms with E-state index in [-0.39, 0.29) is 18.8 Å². The van der Waals surface area contributed by atoms with E-state index in [1.165, 1.54) is 30.1 Å². The van der Waals surface area contributed by atoms with Gasteiger partial charge in [0.25, 0.3) is 0 Å². The molecule has 9 heteroatoms. The molecule has 138 valence electrons. The van der Waals surface area contributed by atoms with Crippen LogP contribution in [-0.2, 0) is 9.59 Å². The van der Waals surface area contributed by atoms with E-state index in [2.05, 4.69) is 10.6 Å². The van der Waals surface area contributed by atoms with Crippen molar-refractivity contribution < 1.29 is 27.2 Å². The monoisotopic (exact) mass is 369 g/mol. The molecule has 0 aliphatic rings. The minimum absolute atomic E-state index is 0.204. The van der Waals surface area contributed by atoms with Gasteiger partial charge >= 0.3 is 0 Å². The van der Waals surface area contributed by atoms with Crippen LogP contribution >= 0.6 is 0 Å². The minimum atomic E-state index is -1.69. The molecular formula is C17H15F4N3O2. The molecule has 0 aliphatic heterocycles. The minimum Gasteiger partial charge on any atom is -0.325 e. The second-order valence-electron chi connectivity index (χ2n) is 5.50. The second kappa shape index (κ2) is 8.43. The number of anilines is 2. The number of benzene rings is 2. The van der Waals surface area contributed by atoms with Gasteiger partial charge in [-0.1, -0.05) is 6.07 Å². The maximum atomic E-state index is 13.5. The largest absolute Gasteiger partial charge is 0.325 e. The summed E-state index contributed by atoms with van der Waals surface area (Å²) < 4.78 is 52.5. The first kappa shape index (κ1) is 19.4. The summed E-state index contributed by atoms with van der Waals surface area (Å²) in [7, 11) is 1.45. The lowest BCUT2D eigenvalue weighted by molar-refractivity contribution is -0.119. The van der Waals surface area contributed by atoms with Crippen LogP contribution in [0.2, 0.25) is 0 Å². The molecule has 0 unspecified atom stereocenters. The fraction of sp³-hybridized carbons (Fsp3) is 0.176. The predicted molar refractivity (Wildman–Crippen MR) is 87.5 cm³/mol. The van der Waals surface area contributed by atoms with E-state index >= 15 is 0 Å². The van der Waals surface area contributed by atoms with Crippen molar-refractivity contribution in [3.63, 3.8) is 0 Å². The molecule has 0 atom stereocenters. The van der Waals surface area contributed by atoms with Crippen LogP contribution in [-0.4, -0.2) is 36.9 Å². The van der Waals surface area contributed by atoms with Crippen molar-refractivity contribution in [3.8, 4) is 0 Å². The van der Waals surface area contributed by atoms with Gasteiger partial charge < -0.3 is 10.6 Å². The number of likely N-dealkylation sites (N-methyl/N-ethyl adjacent to an activating group) is 1. The van der Waals surface area contributed by atoms with Gasteiger partial charge in [0.15, 0.2) is 17.5 Å². The van der Waals surface area contributed by atoms with Gasteiger partial charge in [-0.15, -0.1) is 0 Å². The van der Waals surface area contributed by atoms with Crippen LogP contribution in [0.25, 0.3) is 0 Å². The summed E-state index contributed by atoms with van der Waals surface area (Å²) in [6, 6.07) is 6.87. The number of carbonyl (C=O) groups excluding carboxylic acids is 2. The molecule has 0 fully saturated rings. The zero-order chi connectivity index (χ0) is 19.3. The topological polar surface area (TPSA) is 61.4 Å². The van der Waals surface area contributed by atoms with Crippen LogP contribution in [0.4, 0.5) is 28.9 Å². The van der Waals surface area contributed by atoms with Gasteiger partial charge in [-0.2, -0.15) is 0 Å². The van der Waals surface area contributed by atoms with Gasteiger partial charge in [-0.3, -0.25) is 14.5 Å². The first-order valence-corrected chi connectivity index (χ1v) is 7.43. The SMILES string of the molecule is CN(CC(=O)Nc1cccc(F)c1)CC(=O)Nc1ccc(F)c(F)c1F. The Morgan fingerprint density at radius 1 is 0.923 bits per heavy atom. The number of hydrogen-bond donors (Lipinski definition) is 2. The summed E-state index contributed by atoms with van der Waals surface area (Å²) in [4.78, 5) is 25.0. The van der Waals surface area contributed by atoms with Crippen LogP contribution in [0, 0.1) is 23.3 Å². The van der Waals surface area contributed by atoms with Crippen LogP contribution < -0.4 is 10.6 Å². The number of hydrogen-bond acceptors (Lipinski definition) is 3. The van der Waals surface area contributed by atoms with Gasteiger partial charge in [0.1, 0.15) is 5.82 Å². The standard InChI is InChI=1S/C17H15F4N3O2/c1-24(8-14(25)22-11-4-2-3-10(18)7-11)9-15(26)23-13-6-5-12(19)16(20)17(13)21/h2-7H,8-9H2,1H3,(H,22,25)(H,23,26). The lowest BCUT2D eigenvalue weighted by atomic mass is 10.2. The maximum Gasteiger partial charge on any atom is 0.238 e. The Balaban J connectivity index is 1.87. The Hall–Kier alpha value is -2.94. The highest BCUT2D eigenvalue weighted by molar-refractivity contribution is 5.94. The lowest BCUT2D eigenvalue weighted by Gasteiger charge is -2.16. The average Bonchev–Trinajstić information content (AvgIpc) is 2.55. The molecule has 26 heavy (non-hydrogen) atoms. The van der Waals surface area contributed by atoms with Crippen LogP contribution in [0.5, 0.6) is 0 Å². The first-order valence-electron chi connectivity index (χ1n) is 7.43. The Morgan fingerprint density at radius 2 is 1.58 bits per heavy atom. The third-order valence-corrected chi connectivity index (χ3v) is 3.24. The molecule has 2 rings (SSSR count). The molecule has 2 amide bonds. The number of rotatable bonds is 6.